The number of hydrogen-bond donors (Lipinski definition) is 1. The molecule has 32 heavy (non-hydrogen) atoms. The predicted molar refractivity (Wildman–Crippen MR) is 117 cm³/mol. The van der Waals surface area contributed by atoms with Gasteiger partial charge in [-0.25, -0.2) is 5.43 Å². The van der Waals surface area contributed by atoms with E-state index in [1.807, 2.05) is 30.3 Å². The van der Waals surface area contributed by atoms with Crippen LogP contribution in [0.25, 0.3) is 11.4 Å². The normalized spacial score (nSPS) is 10.9. The van der Waals surface area contributed by atoms with Gasteiger partial charge in [-0.2, -0.15) is 9.90 Å². The number of aromatic nitrogens is 4. The molecule has 0 saturated carbocycles. The zero-order valence-electron chi connectivity index (χ0n) is 16.7. The summed E-state index contributed by atoms with van der Waals surface area (Å²) in [6.07, 6.45) is 1.41. The monoisotopic (exact) mass is 427 g/mol. The van der Waals surface area contributed by atoms with Gasteiger partial charge in [-0.3, -0.25) is 14.9 Å². The molecule has 0 fully saturated rings. The van der Waals surface area contributed by atoms with E-state index in [0.29, 0.717) is 23.5 Å². The van der Waals surface area contributed by atoms with Gasteiger partial charge in [0.05, 0.1) is 17.7 Å². The number of amides is 1. The Balaban J connectivity index is 1.33. The predicted octanol–water partition coefficient (Wildman–Crippen LogP) is 3.06. The molecule has 4 rings (SSSR count). The maximum Gasteiger partial charge on any atom is 0.271 e. The first-order chi connectivity index (χ1) is 15.6. The van der Waals surface area contributed by atoms with E-state index in [0.717, 1.165) is 11.1 Å². The average Bonchev–Trinajstić information content (AvgIpc) is 3.29. The zero-order valence-corrected chi connectivity index (χ0v) is 16.7. The van der Waals surface area contributed by atoms with Crippen LogP contribution >= 0.6 is 0 Å². The molecular weight excluding hydrogens is 410 g/mol. The molecule has 158 valence electrons. The third-order valence-electron chi connectivity index (χ3n) is 4.51. The molecule has 0 radical (unpaired) electrons. The van der Waals surface area contributed by atoms with Crippen LogP contribution in [0.15, 0.2) is 84.0 Å². The van der Waals surface area contributed by atoms with Crippen LogP contribution in [0.1, 0.15) is 21.5 Å². The number of carbonyl (C=O) groups excluding carboxylic acids is 1. The molecule has 4 aromatic rings. The minimum atomic E-state index is -0.479. The van der Waals surface area contributed by atoms with E-state index in [-0.39, 0.29) is 11.6 Å². The van der Waals surface area contributed by atoms with Crippen molar-refractivity contribution in [3.05, 3.63) is 106 Å². The van der Waals surface area contributed by atoms with Crippen molar-refractivity contribution in [3.63, 3.8) is 0 Å². The Morgan fingerprint density at radius 1 is 1.03 bits per heavy atom. The van der Waals surface area contributed by atoms with Crippen LogP contribution < -0.4 is 5.43 Å². The van der Waals surface area contributed by atoms with Gasteiger partial charge < -0.3 is 0 Å². The van der Waals surface area contributed by atoms with Gasteiger partial charge in [0, 0.05) is 23.3 Å². The molecule has 0 unspecified atom stereocenters. The van der Waals surface area contributed by atoms with Gasteiger partial charge in [0.15, 0.2) is 0 Å². The van der Waals surface area contributed by atoms with E-state index in [1.54, 1.807) is 36.4 Å². The summed E-state index contributed by atoms with van der Waals surface area (Å²) < 4.78 is 0. The minimum Gasteiger partial charge on any atom is -0.267 e. The van der Waals surface area contributed by atoms with Gasteiger partial charge in [0.2, 0.25) is 5.82 Å². The van der Waals surface area contributed by atoms with Crippen molar-refractivity contribution in [2.75, 3.05) is 0 Å². The fourth-order valence-electron chi connectivity index (χ4n) is 2.85. The lowest BCUT2D eigenvalue weighted by atomic mass is 10.1. The number of nitrogens with zero attached hydrogens (tertiary/aromatic N) is 6. The number of rotatable bonds is 7. The molecule has 0 atom stereocenters. The minimum absolute atomic E-state index is 0.0105. The lowest BCUT2D eigenvalue weighted by Crippen LogP contribution is -2.17. The SMILES string of the molecule is O=C(N/N=C/c1ccc([N+](=O)[O-])cc1)c1ccc(Cn2nnc(-c3ccccc3)n2)cc1. The summed E-state index contributed by atoms with van der Waals surface area (Å²) in [5.41, 5.74) is 5.28. The number of tetrazole rings is 1. The maximum atomic E-state index is 12.3. The summed E-state index contributed by atoms with van der Waals surface area (Å²) in [6.45, 7) is 0.417. The van der Waals surface area contributed by atoms with E-state index >= 15 is 0 Å². The van der Waals surface area contributed by atoms with Crippen LogP contribution in [0, 0.1) is 10.1 Å². The topological polar surface area (TPSA) is 128 Å². The second-order valence-corrected chi connectivity index (χ2v) is 6.75. The van der Waals surface area contributed by atoms with Gasteiger partial charge in [0.1, 0.15) is 0 Å². The van der Waals surface area contributed by atoms with E-state index in [4.69, 9.17) is 0 Å². The van der Waals surface area contributed by atoms with Crippen LogP contribution in [-0.2, 0) is 6.54 Å². The number of non-ortho nitro benzene ring substituents is 1. The van der Waals surface area contributed by atoms with Gasteiger partial charge in [-0.15, -0.1) is 10.2 Å². The highest BCUT2D eigenvalue weighted by atomic mass is 16.6. The molecule has 0 spiro atoms. The van der Waals surface area contributed by atoms with Crippen molar-refractivity contribution in [2.45, 2.75) is 6.54 Å². The molecule has 10 heteroatoms. The first-order valence-electron chi connectivity index (χ1n) is 9.58. The van der Waals surface area contributed by atoms with Gasteiger partial charge in [-0.05, 0) is 40.6 Å². The number of carbonyl (C=O) groups is 1. The molecule has 0 bridgehead atoms. The Labute approximate surface area is 182 Å². The molecule has 1 aromatic heterocycles. The van der Waals surface area contributed by atoms with Crippen molar-refractivity contribution in [1.82, 2.24) is 25.6 Å². The fourth-order valence-corrected chi connectivity index (χ4v) is 2.85. The van der Waals surface area contributed by atoms with Crippen molar-refractivity contribution in [1.29, 1.82) is 0 Å². The highest BCUT2D eigenvalue weighted by Crippen LogP contribution is 2.13. The molecular formula is C22H17N7O3. The fraction of sp³-hybridized carbons (Fsp3) is 0.0455. The summed E-state index contributed by atoms with van der Waals surface area (Å²) in [5, 5.41) is 27.1. The lowest BCUT2D eigenvalue weighted by Gasteiger charge is -2.03. The smallest absolute Gasteiger partial charge is 0.267 e. The van der Waals surface area contributed by atoms with E-state index < -0.39 is 4.92 Å². The van der Waals surface area contributed by atoms with Crippen LogP contribution in [0.5, 0.6) is 0 Å². The molecule has 1 N–H and O–H groups in total. The van der Waals surface area contributed by atoms with E-state index in [1.165, 1.54) is 23.1 Å². The Morgan fingerprint density at radius 2 is 1.75 bits per heavy atom. The van der Waals surface area contributed by atoms with Crippen molar-refractivity contribution >= 4 is 17.8 Å². The van der Waals surface area contributed by atoms with Gasteiger partial charge in [0.25, 0.3) is 11.6 Å². The highest BCUT2D eigenvalue weighted by molar-refractivity contribution is 5.94. The van der Waals surface area contributed by atoms with Crippen molar-refractivity contribution in [2.24, 2.45) is 5.10 Å². The molecule has 0 saturated heterocycles. The van der Waals surface area contributed by atoms with Crippen molar-refractivity contribution < 1.29 is 9.72 Å². The maximum absolute atomic E-state index is 12.3. The number of benzene rings is 3. The van der Waals surface area contributed by atoms with Gasteiger partial charge >= 0.3 is 0 Å². The molecule has 0 aliphatic heterocycles. The van der Waals surface area contributed by atoms with Crippen LogP contribution in [0.3, 0.4) is 0 Å². The Bertz CT molecular complexity index is 1250. The number of hydrazone groups is 1. The summed E-state index contributed by atoms with van der Waals surface area (Å²) in [7, 11) is 0. The highest BCUT2D eigenvalue weighted by Gasteiger charge is 2.08. The molecule has 1 heterocycles. The van der Waals surface area contributed by atoms with E-state index in [9.17, 15) is 14.9 Å². The molecule has 3 aromatic carbocycles. The first kappa shape index (κ1) is 20.5. The average molecular weight is 427 g/mol. The van der Waals surface area contributed by atoms with Crippen molar-refractivity contribution in [3.8, 4) is 11.4 Å². The third-order valence-corrected chi connectivity index (χ3v) is 4.51. The Hall–Kier alpha value is -4.73. The zero-order chi connectivity index (χ0) is 22.3. The molecule has 0 aliphatic carbocycles. The second-order valence-electron chi connectivity index (χ2n) is 6.75. The standard InChI is InChI=1S/C22H17N7O3/c30-22(25-23-14-16-8-12-20(13-9-16)29(31)32)19-10-6-17(7-11-19)15-28-26-21(24-27-28)18-4-2-1-3-5-18/h1-14H,15H2,(H,25,30)/b23-14+. The van der Waals surface area contributed by atoms with Gasteiger partial charge in [-0.1, -0.05) is 42.5 Å². The Kier molecular flexibility index (Phi) is 6.03. The summed E-state index contributed by atoms with van der Waals surface area (Å²) in [4.78, 5) is 23.9. The number of nitro groups is 1. The number of hydrogen-bond acceptors (Lipinski definition) is 7. The quantitative estimate of drug-likeness (QED) is 0.274. The molecule has 0 aliphatic rings. The van der Waals surface area contributed by atoms with Crippen LogP contribution in [0.4, 0.5) is 5.69 Å². The number of nitrogens with one attached hydrogen (secondary N) is 1. The number of nitro benzene ring substituents is 1. The summed E-state index contributed by atoms with van der Waals surface area (Å²) in [6, 6.07) is 22.4. The molecule has 1 amide bonds. The van der Waals surface area contributed by atoms with Crippen LogP contribution in [0.2, 0.25) is 0 Å². The third kappa shape index (κ3) is 5.05. The first-order valence-corrected chi connectivity index (χ1v) is 9.58. The summed E-state index contributed by atoms with van der Waals surface area (Å²) in [5.74, 6) is 0.174. The largest absolute Gasteiger partial charge is 0.271 e. The molecule has 10 nitrogen and oxygen atoms in total. The lowest BCUT2D eigenvalue weighted by molar-refractivity contribution is -0.384. The second kappa shape index (κ2) is 9.39. The van der Waals surface area contributed by atoms with Crippen LogP contribution in [-0.4, -0.2) is 37.3 Å². The summed E-state index contributed by atoms with van der Waals surface area (Å²) >= 11 is 0. The van der Waals surface area contributed by atoms with E-state index in [2.05, 4.69) is 25.9 Å². The Morgan fingerprint density at radius 3 is 2.44 bits per heavy atom.